The van der Waals surface area contributed by atoms with E-state index in [1.165, 1.54) is 31.4 Å². The molecule has 0 bridgehead atoms. The lowest BCUT2D eigenvalue weighted by atomic mass is 10.2. The third kappa shape index (κ3) is 5.22. The number of ether oxygens (including phenoxy) is 1. The number of sulfonamides is 1. The van der Waals surface area contributed by atoms with E-state index in [0.29, 0.717) is 18.7 Å². The van der Waals surface area contributed by atoms with Crippen LogP contribution < -0.4 is 14.8 Å². The number of nitrogens with one attached hydrogen (secondary N) is 2. The Kier molecular flexibility index (Phi) is 6.61. The summed E-state index contributed by atoms with van der Waals surface area (Å²) >= 11 is 0. The molecule has 2 rings (SSSR count). The number of hydrogen-bond acceptors (Lipinski definition) is 6. The maximum atomic E-state index is 13.6. The van der Waals surface area contributed by atoms with Crippen molar-refractivity contribution in [3.63, 3.8) is 0 Å². The van der Waals surface area contributed by atoms with Crippen LogP contribution in [0.5, 0.6) is 5.75 Å². The fourth-order valence-corrected chi connectivity index (χ4v) is 3.19. The Labute approximate surface area is 150 Å². The minimum absolute atomic E-state index is 0.0553. The van der Waals surface area contributed by atoms with Crippen molar-refractivity contribution >= 4 is 15.7 Å². The highest BCUT2D eigenvalue weighted by molar-refractivity contribution is 7.89. The average molecular weight is 383 g/mol. The van der Waals surface area contributed by atoms with Crippen LogP contribution in [-0.2, 0) is 16.6 Å². The first kappa shape index (κ1) is 19.8. The van der Waals surface area contributed by atoms with Gasteiger partial charge in [-0.1, -0.05) is 6.07 Å². The first-order valence-corrected chi connectivity index (χ1v) is 9.09. The predicted octanol–water partition coefficient (Wildman–Crippen LogP) is 1.81. The standard InChI is InChI=1S/C16H18FN3O5S/c1-25-16-7-2-12(10-15(16)17)11-18-8-9-19-26(23,24)14-5-3-13(4-6-14)20(21)22/h2-7,10,18-19H,8-9,11H2,1H3. The van der Waals surface area contributed by atoms with Crippen molar-refractivity contribution in [2.75, 3.05) is 20.2 Å². The van der Waals surface area contributed by atoms with E-state index < -0.39 is 20.8 Å². The van der Waals surface area contributed by atoms with E-state index in [1.807, 2.05) is 0 Å². The molecule has 0 aliphatic carbocycles. The van der Waals surface area contributed by atoms with E-state index in [-0.39, 0.29) is 22.9 Å². The molecule has 0 amide bonds. The molecule has 0 saturated carbocycles. The summed E-state index contributed by atoms with van der Waals surface area (Å²) in [5.74, 6) is -0.310. The molecule has 0 heterocycles. The van der Waals surface area contributed by atoms with Crippen molar-refractivity contribution in [1.29, 1.82) is 0 Å². The van der Waals surface area contributed by atoms with Gasteiger partial charge in [0, 0.05) is 31.8 Å². The zero-order chi connectivity index (χ0) is 19.2. The van der Waals surface area contributed by atoms with Crippen molar-refractivity contribution in [2.24, 2.45) is 0 Å². The maximum Gasteiger partial charge on any atom is 0.269 e. The third-order valence-corrected chi connectivity index (χ3v) is 4.97. The molecule has 2 aromatic carbocycles. The normalized spacial score (nSPS) is 11.3. The van der Waals surface area contributed by atoms with Crippen LogP contribution in [0.4, 0.5) is 10.1 Å². The number of nitro benzene ring substituents is 1. The molecule has 0 aliphatic heterocycles. The zero-order valence-electron chi connectivity index (χ0n) is 13.9. The van der Waals surface area contributed by atoms with E-state index in [4.69, 9.17) is 4.74 Å². The second kappa shape index (κ2) is 8.70. The van der Waals surface area contributed by atoms with Crippen LogP contribution in [0.2, 0.25) is 0 Å². The average Bonchev–Trinajstić information content (AvgIpc) is 2.61. The molecule has 2 aromatic rings. The summed E-state index contributed by atoms with van der Waals surface area (Å²) in [6.45, 7) is 0.790. The van der Waals surface area contributed by atoms with Crippen LogP contribution in [0.25, 0.3) is 0 Å². The summed E-state index contributed by atoms with van der Waals surface area (Å²) in [6.07, 6.45) is 0. The molecule has 8 nitrogen and oxygen atoms in total. The van der Waals surface area contributed by atoms with Gasteiger partial charge in [-0.25, -0.2) is 17.5 Å². The highest BCUT2D eigenvalue weighted by Crippen LogP contribution is 2.17. The second-order valence-corrected chi connectivity index (χ2v) is 7.06. The Morgan fingerprint density at radius 3 is 2.42 bits per heavy atom. The summed E-state index contributed by atoms with van der Waals surface area (Å²) in [5.41, 5.74) is 0.513. The lowest BCUT2D eigenvalue weighted by Crippen LogP contribution is -2.31. The smallest absolute Gasteiger partial charge is 0.269 e. The monoisotopic (exact) mass is 383 g/mol. The van der Waals surface area contributed by atoms with Gasteiger partial charge in [-0.05, 0) is 29.8 Å². The second-order valence-electron chi connectivity index (χ2n) is 5.29. The van der Waals surface area contributed by atoms with E-state index in [9.17, 15) is 22.9 Å². The largest absolute Gasteiger partial charge is 0.494 e. The van der Waals surface area contributed by atoms with E-state index in [2.05, 4.69) is 10.0 Å². The quantitative estimate of drug-likeness (QED) is 0.388. The Balaban J connectivity index is 1.81. The summed E-state index contributed by atoms with van der Waals surface area (Å²) in [6, 6.07) is 9.17. The number of methoxy groups -OCH3 is 1. The number of halogens is 1. The van der Waals surface area contributed by atoms with E-state index in [1.54, 1.807) is 6.07 Å². The van der Waals surface area contributed by atoms with Crippen LogP contribution in [0, 0.1) is 15.9 Å². The molecular weight excluding hydrogens is 365 g/mol. The number of nitro groups is 1. The van der Waals surface area contributed by atoms with Gasteiger partial charge in [0.15, 0.2) is 11.6 Å². The van der Waals surface area contributed by atoms with Crippen molar-refractivity contribution in [3.05, 3.63) is 64.0 Å². The minimum Gasteiger partial charge on any atom is -0.494 e. The molecule has 0 fully saturated rings. The van der Waals surface area contributed by atoms with Crippen molar-refractivity contribution < 1.29 is 22.5 Å². The summed E-state index contributed by atoms with van der Waals surface area (Å²) in [5, 5.41) is 13.6. The number of non-ortho nitro benzene ring substituents is 1. The van der Waals surface area contributed by atoms with Crippen molar-refractivity contribution in [1.82, 2.24) is 10.0 Å². The Morgan fingerprint density at radius 2 is 1.85 bits per heavy atom. The SMILES string of the molecule is COc1ccc(CNCCNS(=O)(=O)c2ccc([N+](=O)[O-])cc2)cc1F. The Bertz CT molecular complexity index is 872. The number of hydrogen-bond donors (Lipinski definition) is 2. The van der Waals surface area contributed by atoms with Gasteiger partial charge in [-0.3, -0.25) is 10.1 Å². The molecule has 2 N–H and O–H groups in total. The molecule has 10 heteroatoms. The molecule has 0 aliphatic rings. The van der Waals surface area contributed by atoms with Gasteiger partial charge < -0.3 is 10.1 Å². The van der Waals surface area contributed by atoms with Gasteiger partial charge in [0.1, 0.15) is 0 Å². The van der Waals surface area contributed by atoms with Gasteiger partial charge in [-0.2, -0.15) is 0 Å². The van der Waals surface area contributed by atoms with Crippen molar-refractivity contribution in [3.8, 4) is 5.75 Å². The lowest BCUT2D eigenvalue weighted by molar-refractivity contribution is -0.384. The van der Waals surface area contributed by atoms with Gasteiger partial charge >= 0.3 is 0 Å². The topological polar surface area (TPSA) is 111 Å². The highest BCUT2D eigenvalue weighted by atomic mass is 32.2. The maximum absolute atomic E-state index is 13.6. The minimum atomic E-state index is -3.75. The van der Waals surface area contributed by atoms with Gasteiger partial charge in [-0.15, -0.1) is 0 Å². The number of nitrogens with zero attached hydrogens (tertiary/aromatic N) is 1. The van der Waals surface area contributed by atoms with E-state index in [0.717, 1.165) is 12.1 Å². The van der Waals surface area contributed by atoms with Crippen LogP contribution >= 0.6 is 0 Å². The molecule has 0 radical (unpaired) electrons. The molecule has 26 heavy (non-hydrogen) atoms. The first-order valence-electron chi connectivity index (χ1n) is 7.61. The fourth-order valence-electron chi connectivity index (χ4n) is 2.16. The van der Waals surface area contributed by atoms with E-state index >= 15 is 0 Å². The number of rotatable bonds is 9. The Hall–Kier alpha value is -2.56. The lowest BCUT2D eigenvalue weighted by Gasteiger charge is -2.09. The molecule has 140 valence electrons. The van der Waals surface area contributed by atoms with Crippen LogP contribution in [0.3, 0.4) is 0 Å². The molecular formula is C16H18FN3O5S. The van der Waals surface area contributed by atoms with Gasteiger partial charge in [0.05, 0.1) is 16.9 Å². The molecule has 0 saturated heterocycles. The zero-order valence-corrected chi connectivity index (χ0v) is 14.8. The Morgan fingerprint density at radius 1 is 1.15 bits per heavy atom. The van der Waals surface area contributed by atoms with Crippen LogP contribution in [-0.4, -0.2) is 33.5 Å². The van der Waals surface area contributed by atoms with Crippen LogP contribution in [0.15, 0.2) is 47.4 Å². The first-order chi connectivity index (χ1) is 12.3. The van der Waals surface area contributed by atoms with Gasteiger partial charge in [0.2, 0.25) is 10.0 Å². The number of benzene rings is 2. The third-order valence-electron chi connectivity index (χ3n) is 3.50. The fraction of sp³-hybridized carbons (Fsp3) is 0.250. The van der Waals surface area contributed by atoms with Crippen LogP contribution in [0.1, 0.15) is 5.56 Å². The molecule has 0 unspecified atom stereocenters. The predicted molar refractivity (Wildman–Crippen MR) is 92.9 cm³/mol. The van der Waals surface area contributed by atoms with Crippen molar-refractivity contribution in [2.45, 2.75) is 11.4 Å². The highest BCUT2D eigenvalue weighted by Gasteiger charge is 2.15. The van der Waals surface area contributed by atoms with Gasteiger partial charge in [0.25, 0.3) is 5.69 Å². The summed E-state index contributed by atoms with van der Waals surface area (Å²) in [7, 11) is -2.37. The summed E-state index contributed by atoms with van der Waals surface area (Å²) in [4.78, 5) is 9.92. The summed E-state index contributed by atoms with van der Waals surface area (Å²) < 4.78 is 45.0. The molecule has 0 atom stereocenters. The molecule has 0 aromatic heterocycles. The molecule has 0 spiro atoms.